The first-order chi connectivity index (χ1) is 11.1. The van der Waals surface area contributed by atoms with Gasteiger partial charge in [0.05, 0.1) is 11.0 Å². The number of aromatic nitrogens is 2. The van der Waals surface area contributed by atoms with Crippen LogP contribution in [0.4, 0.5) is 4.39 Å². The van der Waals surface area contributed by atoms with E-state index >= 15 is 0 Å². The van der Waals surface area contributed by atoms with Gasteiger partial charge >= 0.3 is 5.69 Å². The molecule has 2 N–H and O–H groups in total. The third-order valence-electron chi connectivity index (χ3n) is 3.75. The van der Waals surface area contributed by atoms with E-state index in [-0.39, 0.29) is 11.6 Å². The van der Waals surface area contributed by atoms with Crippen LogP contribution in [0.5, 0.6) is 0 Å². The van der Waals surface area contributed by atoms with Gasteiger partial charge in [-0.15, -0.1) is 0 Å². The summed E-state index contributed by atoms with van der Waals surface area (Å²) in [7, 11) is 0. The summed E-state index contributed by atoms with van der Waals surface area (Å²) in [5, 5.41) is 2.79. The van der Waals surface area contributed by atoms with E-state index in [1.165, 1.54) is 16.7 Å². The first kappa shape index (κ1) is 15.0. The lowest BCUT2D eigenvalue weighted by atomic mass is 10.1. The third kappa shape index (κ3) is 3.01. The monoisotopic (exact) mass is 313 g/mol. The van der Waals surface area contributed by atoms with Crippen LogP contribution in [0.1, 0.15) is 15.9 Å². The number of rotatable bonds is 4. The zero-order valence-electron chi connectivity index (χ0n) is 12.6. The van der Waals surface area contributed by atoms with Gasteiger partial charge in [-0.1, -0.05) is 18.2 Å². The van der Waals surface area contributed by atoms with E-state index in [2.05, 4.69) is 10.3 Å². The topological polar surface area (TPSA) is 66.9 Å². The molecule has 3 aromatic rings. The fourth-order valence-electron chi connectivity index (χ4n) is 2.56. The summed E-state index contributed by atoms with van der Waals surface area (Å²) < 4.78 is 14.7. The van der Waals surface area contributed by atoms with Crippen LogP contribution >= 0.6 is 0 Å². The van der Waals surface area contributed by atoms with E-state index in [1.54, 1.807) is 18.2 Å². The standard InChI is InChI=1S/C17H16FN3O2/c1-11-4-2-3-5-13(11)16(22)19-8-9-21-15-7-6-12(18)10-14(15)20-17(21)23/h2-7,10H,8-9H2,1H3,(H,19,22)(H,20,23). The normalized spacial score (nSPS) is 10.9. The number of benzene rings is 2. The lowest BCUT2D eigenvalue weighted by molar-refractivity contribution is 0.0951. The van der Waals surface area contributed by atoms with Crippen LogP contribution in [0.25, 0.3) is 11.0 Å². The van der Waals surface area contributed by atoms with Gasteiger partial charge in [-0.25, -0.2) is 9.18 Å². The Morgan fingerprint density at radius 3 is 2.83 bits per heavy atom. The number of imidazole rings is 1. The summed E-state index contributed by atoms with van der Waals surface area (Å²) in [6, 6.07) is 11.4. The summed E-state index contributed by atoms with van der Waals surface area (Å²) in [4.78, 5) is 26.7. The lowest BCUT2D eigenvalue weighted by Gasteiger charge is -2.08. The Labute approximate surface area is 131 Å². The summed E-state index contributed by atoms with van der Waals surface area (Å²) >= 11 is 0. The maximum absolute atomic E-state index is 13.2. The molecule has 0 unspecified atom stereocenters. The second-order valence-corrected chi connectivity index (χ2v) is 5.31. The molecule has 0 fully saturated rings. The minimum absolute atomic E-state index is 0.179. The number of amides is 1. The van der Waals surface area contributed by atoms with E-state index in [4.69, 9.17) is 0 Å². The molecule has 0 aliphatic carbocycles. The van der Waals surface area contributed by atoms with Crippen molar-refractivity contribution < 1.29 is 9.18 Å². The molecule has 5 nitrogen and oxygen atoms in total. The number of aromatic amines is 1. The number of halogens is 1. The molecule has 1 aromatic heterocycles. The molecule has 0 saturated carbocycles. The molecule has 0 aliphatic heterocycles. The van der Waals surface area contributed by atoms with Crippen molar-refractivity contribution >= 4 is 16.9 Å². The van der Waals surface area contributed by atoms with E-state index in [1.807, 2.05) is 19.1 Å². The van der Waals surface area contributed by atoms with Crippen LogP contribution in [-0.4, -0.2) is 22.0 Å². The number of hydrogen-bond acceptors (Lipinski definition) is 2. The molecule has 0 saturated heterocycles. The average molecular weight is 313 g/mol. The number of fused-ring (bicyclic) bond motifs is 1. The van der Waals surface area contributed by atoms with Gasteiger partial charge in [-0.05, 0) is 36.8 Å². The average Bonchev–Trinajstić information content (AvgIpc) is 2.82. The second-order valence-electron chi connectivity index (χ2n) is 5.31. The zero-order valence-corrected chi connectivity index (χ0v) is 12.6. The second kappa shape index (κ2) is 6.08. The highest BCUT2D eigenvalue weighted by atomic mass is 19.1. The van der Waals surface area contributed by atoms with E-state index < -0.39 is 5.82 Å². The predicted molar refractivity (Wildman–Crippen MR) is 86.0 cm³/mol. The summed E-state index contributed by atoms with van der Waals surface area (Å²) in [6.45, 7) is 2.48. The van der Waals surface area contributed by atoms with Crippen LogP contribution in [0.15, 0.2) is 47.3 Å². The molecule has 1 amide bonds. The molecule has 0 aliphatic rings. The van der Waals surface area contributed by atoms with Crippen molar-refractivity contribution in [3.05, 3.63) is 69.9 Å². The summed E-state index contributed by atoms with van der Waals surface area (Å²) in [5.41, 5.74) is 2.24. The van der Waals surface area contributed by atoms with Crippen molar-refractivity contribution in [1.29, 1.82) is 0 Å². The van der Waals surface area contributed by atoms with Crippen molar-refractivity contribution in [2.75, 3.05) is 6.54 Å². The van der Waals surface area contributed by atoms with Gasteiger partial charge in [0.25, 0.3) is 5.91 Å². The number of hydrogen-bond donors (Lipinski definition) is 2. The minimum atomic E-state index is -0.404. The molecule has 0 bridgehead atoms. The minimum Gasteiger partial charge on any atom is -0.350 e. The molecule has 118 valence electrons. The van der Waals surface area contributed by atoms with Crippen LogP contribution in [0.2, 0.25) is 0 Å². The zero-order chi connectivity index (χ0) is 16.4. The molecular weight excluding hydrogens is 297 g/mol. The molecule has 0 atom stereocenters. The smallest absolute Gasteiger partial charge is 0.326 e. The maximum atomic E-state index is 13.2. The van der Waals surface area contributed by atoms with Gasteiger partial charge < -0.3 is 10.3 Å². The molecule has 23 heavy (non-hydrogen) atoms. The number of nitrogens with zero attached hydrogens (tertiary/aromatic N) is 1. The summed E-state index contributed by atoms with van der Waals surface area (Å²) in [6.07, 6.45) is 0. The Morgan fingerprint density at radius 1 is 1.26 bits per heavy atom. The quantitative estimate of drug-likeness (QED) is 0.775. The molecule has 1 heterocycles. The maximum Gasteiger partial charge on any atom is 0.326 e. The SMILES string of the molecule is Cc1ccccc1C(=O)NCCn1c(=O)[nH]c2cc(F)ccc21. The first-order valence-corrected chi connectivity index (χ1v) is 7.28. The van der Waals surface area contributed by atoms with Gasteiger partial charge in [0.2, 0.25) is 0 Å². The predicted octanol–water partition coefficient (Wildman–Crippen LogP) is 2.21. The Bertz CT molecular complexity index is 927. The first-order valence-electron chi connectivity index (χ1n) is 7.28. The van der Waals surface area contributed by atoms with Crippen molar-refractivity contribution in [2.45, 2.75) is 13.5 Å². The van der Waals surface area contributed by atoms with E-state index in [0.717, 1.165) is 5.56 Å². The molecule has 2 aromatic carbocycles. The van der Waals surface area contributed by atoms with Gasteiger partial charge in [0.15, 0.2) is 0 Å². The Morgan fingerprint density at radius 2 is 2.04 bits per heavy atom. The fraction of sp³-hybridized carbons (Fsp3) is 0.176. The van der Waals surface area contributed by atoms with Gasteiger partial charge in [-0.3, -0.25) is 9.36 Å². The van der Waals surface area contributed by atoms with Crippen LogP contribution in [-0.2, 0) is 6.54 Å². The number of H-pyrrole nitrogens is 1. The highest BCUT2D eigenvalue weighted by Gasteiger charge is 2.10. The van der Waals surface area contributed by atoms with Crippen molar-refractivity contribution in [1.82, 2.24) is 14.9 Å². The Hall–Kier alpha value is -2.89. The van der Waals surface area contributed by atoms with Crippen molar-refractivity contribution in [3.8, 4) is 0 Å². The van der Waals surface area contributed by atoms with Gasteiger partial charge in [0, 0.05) is 18.7 Å². The largest absolute Gasteiger partial charge is 0.350 e. The van der Waals surface area contributed by atoms with Crippen LogP contribution < -0.4 is 11.0 Å². The van der Waals surface area contributed by atoms with E-state index in [0.29, 0.717) is 29.7 Å². The Kier molecular flexibility index (Phi) is 3.97. The fourth-order valence-corrected chi connectivity index (χ4v) is 2.56. The van der Waals surface area contributed by atoms with Crippen LogP contribution in [0.3, 0.4) is 0 Å². The highest BCUT2D eigenvalue weighted by molar-refractivity contribution is 5.95. The Balaban J connectivity index is 1.72. The molecular formula is C17H16FN3O2. The third-order valence-corrected chi connectivity index (χ3v) is 3.75. The van der Waals surface area contributed by atoms with Gasteiger partial charge in [0.1, 0.15) is 5.82 Å². The van der Waals surface area contributed by atoms with Crippen molar-refractivity contribution in [3.63, 3.8) is 0 Å². The van der Waals surface area contributed by atoms with Crippen molar-refractivity contribution in [2.24, 2.45) is 0 Å². The highest BCUT2D eigenvalue weighted by Crippen LogP contribution is 2.11. The number of nitrogens with one attached hydrogen (secondary N) is 2. The number of aryl methyl sites for hydroxylation is 1. The molecule has 6 heteroatoms. The lowest BCUT2D eigenvalue weighted by Crippen LogP contribution is -2.30. The number of carbonyl (C=O) groups is 1. The number of carbonyl (C=O) groups excluding carboxylic acids is 1. The van der Waals surface area contributed by atoms with E-state index in [9.17, 15) is 14.0 Å². The van der Waals surface area contributed by atoms with Crippen LogP contribution in [0, 0.1) is 12.7 Å². The molecule has 0 spiro atoms. The molecule has 0 radical (unpaired) electrons. The molecule has 3 rings (SSSR count). The van der Waals surface area contributed by atoms with Gasteiger partial charge in [-0.2, -0.15) is 0 Å². The summed E-state index contributed by atoms with van der Waals surface area (Å²) in [5.74, 6) is -0.583.